The van der Waals surface area contributed by atoms with Crippen molar-refractivity contribution in [2.24, 2.45) is 0 Å². The Bertz CT molecular complexity index is 970. The molecule has 1 aliphatic heterocycles. The van der Waals surface area contributed by atoms with E-state index in [0.717, 1.165) is 0 Å². The van der Waals surface area contributed by atoms with E-state index in [2.05, 4.69) is 11.9 Å². The Hall–Kier alpha value is -3.45. The van der Waals surface area contributed by atoms with Gasteiger partial charge in [0.2, 0.25) is 0 Å². The number of hydrogen-bond donors (Lipinski definition) is 1. The average Bonchev–Trinajstić information content (AvgIpc) is 2.70. The Kier molecular flexibility index (Phi) is 5.86. The predicted molar refractivity (Wildman–Crippen MR) is 111 cm³/mol. The lowest BCUT2D eigenvalue weighted by molar-refractivity contribution is -0.122. The molecular weight excluding hydrogens is 376 g/mol. The predicted octanol–water partition coefficient (Wildman–Crippen LogP) is 3.09. The first kappa shape index (κ1) is 19.3. The van der Waals surface area contributed by atoms with Gasteiger partial charge in [-0.2, -0.15) is 0 Å². The number of nitrogens with zero attached hydrogens (tertiary/aromatic N) is 1. The number of thiocarbonyl (C=S) groups is 1. The summed E-state index contributed by atoms with van der Waals surface area (Å²) in [4.78, 5) is 26.8. The van der Waals surface area contributed by atoms with Gasteiger partial charge in [0, 0.05) is 11.6 Å². The molecule has 0 unspecified atom stereocenters. The van der Waals surface area contributed by atoms with Crippen LogP contribution in [0.3, 0.4) is 0 Å². The highest BCUT2D eigenvalue weighted by molar-refractivity contribution is 7.80. The Morgan fingerprint density at radius 2 is 1.93 bits per heavy atom. The van der Waals surface area contributed by atoms with Crippen molar-refractivity contribution in [3.8, 4) is 11.5 Å². The molecule has 1 saturated heterocycles. The summed E-state index contributed by atoms with van der Waals surface area (Å²) in [5.41, 5.74) is 1.08. The van der Waals surface area contributed by atoms with Gasteiger partial charge >= 0.3 is 0 Å². The van der Waals surface area contributed by atoms with Crippen molar-refractivity contribution in [1.82, 2.24) is 5.32 Å². The molecule has 0 aromatic heterocycles. The molecule has 2 aromatic carbocycles. The summed E-state index contributed by atoms with van der Waals surface area (Å²) >= 11 is 5.19. The normalized spacial score (nSPS) is 15.4. The van der Waals surface area contributed by atoms with E-state index in [1.165, 1.54) is 11.0 Å². The maximum absolute atomic E-state index is 13.0. The maximum atomic E-state index is 13.0. The van der Waals surface area contributed by atoms with E-state index in [1.54, 1.807) is 55.7 Å². The highest BCUT2D eigenvalue weighted by Gasteiger charge is 2.34. The highest BCUT2D eigenvalue weighted by atomic mass is 32.1. The second-order valence-corrected chi connectivity index (χ2v) is 6.18. The molecule has 0 spiro atoms. The second kappa shape index (κ2) is 8.49. The van der Waals surface area contributed by atoms with Crippen molar-refractivity contribution >= 4 is 40.9 Å². The molecule has 0 saturated carbocycles. The number of nitrogens with one attached hydrogen (secondary N) is 1. The molecule has 1 fully saturated rings. The molecule has 7 heteroatoms. The van der Waals surface area contributed by atoms with Crippen LogP contribution in [0.2, 0.25) is 0 Å². The standard InChI is InChI=1S/C21H18N2O4S/c1-3-11-27-18-13-16(26-2)10-9-14(18)12-17-19(24)22-21(28)23(20(17)25)15-7-5-4-6-8-15/h3-10,12-13H,1,11H2,2H3,(H,22,24,28)/b17-12-. The van der Waals surface area contributed by atoms with Gasteiger partial charge in [-0.25, -0.2) is 0 Å². The van der Waals surface area contributed by atoms with Crippen LogP contribution in [0.1, 0.15) is 5.56 Å². The van der Waals surface area contributed by atoms with Crippen LogP contribution >= 0.6 is 12.2 Å². The summed E-state index contributed by atoms with van der Waals surface area (Å²) in [5.74, 6) is -0.0161. The molecule has 0 bridgehead atoms. The second-order valence-electron chi connectivity index (χ2n) is 5.80. The molecule has 1 N–H and O–H groups in total. The van der Waals surface area contributed by atoms with Crippen molar-refractivity contribution in [3.63, 3.8) is 0 Å². The molecule has 0 atom stereocenters. The zero-order chi connectivity index (χ0) is 20.1. The minimum atomic E-state index is -0.562. The van der Waals surface area contributed by atoms with Gasteiger partial charge in [-0.15, -0.1) is 0 Å². The number of methoxy groups -OCH3 is 1. The lowest BCUT2D eigenvalue weighted by Crippen LogP contribution is -2.54. The fourth-order valence-corrected chi connectivity index (χ4v) is 2.94. The van der Waals surface area contributed by atoms with E-state index in [-0.39, 0.29) is 17.3 Å². The van der Waals surface area contributed by atoms with Crippen LogP contribution in [-0.2, 0) is 9.59 Å². The zero-order valence-electron chi connectivity index (χ0n) is 15.2. The molecule has 1 aliphatic rings. The molecule has 0 radical (unpaired) electrons. The third kappa shape index (κ3) is 3.94. The first-order valence-electron chi connectivity index (χ1n) is 8.43. The third-order valence-corrected chi connectivity index (χ3v) is 4.28. The number of amides is 2. The van der Waals surface area contributed by atoms with Gasteiger partial charge in [0.05, 0.1) is 12.8 Å². The number of benzene rings is 2. The van der Waals surface area contributed by atoms with Crippen molar-refractivity contribution in [3.05, 3.63) is 72.3 Å². The molecule has 2 aromatic rings. The number of anilines is 1. The molecule has 2 amide bonds. The van der Waals surface area contributed by atoms with E-state index < -0.39 is 11.8 Å². The number of ether oxygens (including phenoxy) is 2. The lowest BCUT2D eigenvalue weighted by atomic mass is 10.1. The third-order valence-electron chi connectivity index (χ3n) is 3.99. The highest BCUT2D eigenvalue weighted by Crippen LogP contribution is 2.29. The average molecular weight is 394 g/mol. The number of rotatable bonds is 6. The minimum absolute atomic E-state index is 0.0382. The molecule has 6 nitrogen and oxygen atoms in total. The SMILES string of the molecule is C=CCOc1cc(OC)ccc1/C=C1/C(=O)NC(=S)N(c2ccccc2)C1=O. The summed E-state index contributed by atoms with van der Waals surface area (Å²) in [7, 11) is 1.54. The van der Waals surface area contributed by atoms with Crippen molar-refractivity contribution in [2.45, 2.75) is 0 Å². The van der Waals surface area contributed by atoms with Gasteiger partial charge in [-0.3, -0.25) is 19.8 Å². The lowest BCUT2D eigenvalue weighted by Gasteiger charge is -2.29. The first-order valence-corrected chi connectivity index (χ1v) is 8.84. The zero-order valence-corrected chi connectivity index (χ0v) is 16.0. The monoisotopic (exact) mass is 394 g/mol. The van der Waals surface area contributed by atoms with Gasteiger partial charge < -0.3 is 9.47 Å². The van der Waals surface area contributed by atoms with E-state index >= 15 is 0 Å². The van der Waals surface area contributed by atoms with Gasteiger partial charge in [0.25, 0.3) is 11.8 Å². The fraction of sp³-hybridized carbons (Fsp3) is 0.0952. The molecular formula is C21H18N2O4S. The van der Waals surface area contributed by atoms with Crippen LogP contribution in [0.4, 0.5) is 5.69 Å². The van der Waals surface area contributed by atoms with E-state index in [9.17, 15) is 9.59 Å². The number of carbonyl (C=O) groups excluding carboxylic acids is 2. The summed E-state index contributed by atoms with van der Waals surface area (Å²) in [6.45, 7) is 3.90. The first-order chi connectivity index (χ1) is 13.5. The van der Waals surface area contributed by atoms with Gasteiger partial charge in [0.15, 0.2) is 5.11 Å². The maximum Gasteiger partial charge on any atom is 0.270 e. The van der Waals surface area contributed by atoms with E-state index in [0.29, 0.717) is 22.7 Å². The van der Waals surface area contributed by atoms with Crippen molar-refractivity contribution in [2.75, 3.05) is 18.6 Å². The van der Waals surface area contributed by atoms with Crippen LogP contribution in [0.5, 0.6) is 11.5 Å². The van der Waals surface area contributed by atoms with Crippen LogP contribution in [0, 0.1) is 0 Å². The van der Waals surface area contributed by atoms with Crippen LogP contribution in [-0.4, -0.2) is 30.6 Å². The Labute approximate surface area is 168 Å². The fourth-order valence-electron chi connectivity index (χ4n) is 2.66. The van der Waals surface area contributed by atoms with Crippen LogP contribution < -0.4 is 19.7 Å². The minimum Gasteiger partial charge on any atom is -0.497 e. The van der Waals surface area contributed by atoms with Crippen molar-refractivity contribution < 1.29 is 19.1 Å². The Balaban J connectivity index is 2.02. The number of carbonyl (C=O) groups is 2. The summed E-state index contributed by atoms with van der Waals surface area (Å²) in [5, 5.41) is 2.60. The molecule has 0 aliphatic carbocycles. The number of para-hydroxylation sites is 1. The van der Waals surface area contributed by atoms with Gasteiger partial charge in [-0.05, 0) is 42.6 Å². The smallest absolute Gasteiger partial charge is 0.270 e. The summed E-state index contributed by atoms with van der Waals surface area (Å²) in [6.07, 6.45) is 3.08. The van der Waals surface area contributed by atoms with Gasteiger partial charge in [0.1, 0.15) is 23.7 Å². The largest absolute Gasteiger partial charge is 0.497 e. The molecule has 1 heterocycles. The molecule has 3 rings (SSSR count). The molecule has 28 heavy (non-hydrogen) atoms. The van der Waals surface area contributed by atoms with E-state index in [1.807, 2.05) is 6.07 Å². The number of hydrogen-bond acceptors (Lipinski definition) is 5. The molecule has 142 valence electrons. The van der Waals surface area contributed by atoms with Crippen LogP contribution in [0.25, 0.3) is 6.08 Å². The summed E-state index contributed by atoms with van der Waals surface area (Å²) in [6, 6.07) is 14.0. The Morgan fingerprint density at radius 3 is 2.61 bits per heavy atom. The van der Waals surface area contributed by atoms with Gasteiger partial charge in [-0.1, -0.05) is 30.9 Å². The van der Waals surface area contributed by atoms with Crippen LogP contribution in [0.15, 0.2) is 66.8 Å². The van der Waals surface area contributed by atoms with E-state index in [4.69, 9.17) is 21.7 Å². The van der Waals surface area contributed by atoms with Crippen molar-refractivity contribution in [1.29, 1.82) is 0 Å². The quantitative estimate of drug-likeness (QED) is 0.353. The topological polar surface area (TPSA) is 67.9 Å². The Morgan fingerprint density at radius 1 is 1.18 bits per heavy atom. The summed E-state index contributed by atoms with van der Waals surface area (Å²) < 4.78 is 10.9.